The van der Waals surface area contributed by atoms with Crippen molar-refractivity contribution in [2.75, 3.05) is 4.90 Å². The van der Waals surface area contributed by atoms with Crippen molar-refractivity contribution < 1.29 is 9.90 Å². The number of para-hydroxylation sites is 2. The molecule has 0 aliphatic heterocycles. The van der Waals surface area contributed by atoms with Gasteiger partial charge >= 0.3 is 0 Å². The Morgan fingerprint density at radius 2 is 1.71 bits per heavy atom. The van der Waals surface area contributed by atoms with Gasteiger partial charge in [0.1, 0.15) is 5.75 Å². The fraction of sp³-hybridized carbons (Fsp3) is 0.0526. The molecule has 1 aromatic heterocycles. The van der Waals surface area contributed by atoms with Crippen molar-refractivity contribution in [2.24, 2.45) is 0 Å². The van der Waals surface area contributed by atoms with Crippen LogP contribution >= 0.6 is 15.9 Å². The van der Waals surface area contributed by atoms with E-state index in [1.165, 1.54) is 4.90 Å². The van der Waals surface area contributed by atoms with Crippen molar-refractivity contribution in [3.63, 3.8) is 0 Å². The van der Waals surface area contributed by atoms with Gasteiger partial charge in [-0.3, -0.25) is 14.7 Å². The first-order valence-electron chi connectivity index (χ1n) is 7.40. The Morgan fingerprint density at radius 3 is 2.38 bits per heavy atom. The number of pyridine rings is 1. The molecule has 120 valence electrons. The van der Waals surface area contributed by atoms with Gasteiger partial charge in [0.05, 0.1) is 17.9 Å². The number of nitrogens with zero attached hydrogens (tertiary/aromatic N) is 2. The summed E-state index contributed by atoms with van der Waals surface area (Å²) < 4.78 is 0.901. The lowest BCUT2D eigenvalue weighted by atomic mass is 10.1. The van der Waals surface area contributed by atoms with Crippen LogP contribution in [0.5, 0.6) is 5.75 Å². The Bertz CT molecular complexity index is 836. The quantitative estimate of drug-likeness (QED) is 0.727. The maximum absolute atomic E-state index is 13.0. The van der Waals surface area contributed by atoms with E-state index in [9.17, 15) is 9.90 Å². The SMILES string of the molecule is O=C(c1ccc(Br)cc1)N(Cc1ccccn1)c1ccccc1O. The molecular weight excluding hydrogens is 368 g/mol. The van der Waals surface area contributed by atoms with Crippen molar-refractivity contribution >= 4 is 27.5 Å². The molecule has 0 aliphatic rings. The first-order chi connectivity index (χ1) is 11.6. The van der Waals surface area contributed by atoms with Gasteiger partial charge in [0.2, 0.25) is 0 Å². The molecule has 0 atom stereocenters. The highest BCUT2D eigenvalue weighted by molar-refractivity contribution is 9.10. The summed E-state index contributed by atoms with van der Waals surface area (Å²) in [5.41, 5.74) is 1.74. The van der Waals surface area contributed by atoms with E-state index in [1.54, 1.807) is 42.6 Å². The lowest BCUT2D eigenvalue weighted by Gasteiger charge is -2.23. The van der Waals surface area contributed by atoms with E-state index in [0.717, 1.165) is 10.2 Å². The molecule has 3 aromatic rings. The zero-order chi connectivity index (χ0) is 16.9. The molecule has 2 aromatic carbocycles. The number of carbonyl (C=O) groups is 1. The van der Waals surface area contributed by atoms with Gasteiger partial charge in [-0.1, -0.05) is 34.1 Å². The monoisotopic (exact) mass is 382 g/mol. The molecule has 0 fully saturated rings. The number of halogens is 1. The van der Waals surface area contributed by atoms with E-state index in [-0.39, 0.29) is 18.2 Å². The zero-order valence-electron chi connectivity index (χ0n) is 12.8. The van der Waals surface area contributed by atoms with Gasteiger partial charge in [0.25, 0.3) is 5.91 Å². The van der Waals surface area contributed by atoms with E-state index < -0.39 is 0 Å². The molecule has 0 bridgehead atoms. The highest BCUT2D eigenvalue weighted by Gasteiger charge is 2.21. The molecule has 0 unspecified atom stereocenters. The van der Waals surface area contributed by atoms with Gasteiger partial charge in [-0.2, -0.15) is 0 Å². The molecule has 0 spiro atoms. The summed E-state index contributed by atoms with van der Waals surface area (Å²) in [6, 6.07) is 19.5. The van der Waals surface area contributed by atoms with Crippen LogP contribution in [-0.2, 0) is 6.54 Å². The van der Waals surface area contributed by atoms with E-state index in [1.807, 2.05) is 30.3 Å². The lowest BCUT2D eigenvalue weighted by molar-refractivity contribution is 0.0984. The average molecular weight is 383 g/mol. The number of phenolic OH excluding ortho intramolecular Hbond substituents is 1. The minimum Gasteiger partial charge on any atom is -0.506 e. The fourth-order valence-electron chi connectivity index (χ4n) is 2.36. The molecular formula is C19H15BrN2O2. The number of aromatic hydroxyl groups is 1. The molecule has 5 heteroatoms. The minimum atomic E-state index is -0.199. The van der Waals surface area contributed by atoms with Crippen LogP contribution in [0.3, 0.4) is 0 Å². The van der Waals surface area contributed by atoms with Gasteiger partial charge in [-0.25, -0.2) is 0 Å². The maximum atomic E-state index is 13.0. The predicted molar refractivity (Wildman–Crippen MR) is 97.0 cm³/mol. The largest absolute Gasteiger partial charge is 0.506 e. The highest BCUT2D eigenvalue weighted by atomic mass is 79.9. The predicted octanol–water partition coefficient (Wildman–Crippen LogP) is 4.40. The first-order valence-corrected chi connectivity index (χ1v) is 8.20. The van der Waals surface area contributed by atoms with Gasteiger partial charge in [0.15, 0.2) is 0 Å². The van der Waals surface area contributed by atoms with Crippen LogP contribution in [0.1, 0.15) is 16.1 Å². The van der Waals surface area contributed by atoms with Crippen molar-refractivity contribution in [1.29, 1.82) is 0 Å². The molecule has 0 saturated heterocycles. The smallest absolute Gasteiger partial charge is 0.258 e. The molecule has 0 aliphatic carbocycles. The summed E-state index contributed by atoms with van der Waals surface area (Å²) in [7, 11) is 0. The van der Waals surface area contributed by atoms with Crippen molar-refractivity contribution in [1.82, 2.24) is 4.98 Å². The molecule has 0 saturated carbocycles. The second-order valence-corrected chi connectivity index (χ2v) is 6.12. The van der Waals surface area contributed by atoms with Crippen LogP contribution in [0.4, 0.5) is 5.69 Å². The Hall–Kier alpha value is -2.66. The number of anilines is 1. The second-order valence-electron chi connectivity index (χ2n) is 5.21. The number of phenols is 1. The van der Waals surface area contributed by atoms with Crippen LogP contribution in [0.2, 0.25) is 0 Å². The van der Waals surface area contributed by atoms with Crippen LogP contribution in [0.25, 0.3) is 0 Å². The third-order valence-electron chi connectivity index (χ3n) is 3.56. The highest BCUT2D eigenvalue weighted by Crippen LogP contribution is 2.29. The second kappa shape index (κ2) is 7.27. The van der Waals surface area contributed by atoms with Crippen molar-refractivity contribution in [2.45, 2.75) is 6.54 Å². The number of aromatic nitrogens is 1. The van der Waals surface area contributed by atoms with Crippen molar-refractivity contribution in [3.05, 3.63) is 88.7 Å². The Morgan fingerprint density at radius 1 is 1.00 bits per heavy atom. The minimum absolute atomic E-state index is 0.0545. The molecule has 24 heavy (non-hydrogen) atoms. The van der Waals surface area contributed by atoms with Crippen LogP contribution in [0, 0.1) is 0 Å². The number of carbonyl (C=O) groups excluding carboxylic acids is 1. The third-order valence-corrected chi connectivity index (χ3v) is 4.08. The molecule has 1 N–H and O–H groups in total. The van der Waals surface area contributed by atoms with Gasteiger partial charge in [-0.15, -0.1) is 0 Å². The number of hydrogen-bond donors (Lipinski definition) is 1. The number of hydrogen-bond acceptors (Lipinski definition) is 3. The zero-order valence-corrected chi connectivity index (χ0v) is 14.3. The summed E-state index contributed by atoms with van der Waals surface area (Å²) >= 11 is 3.37. The van der Waals surface area contributed by atoms with Gasteiger partial charge in [-0.05, 0) is 48.5 Å². The fourth-order valence-corrected chi connectivity index (χ4v) is 2.63. The number of benzene rings is 2. The Balaban J connectivity index is 2.00. The topological polar surface area (TPSA) is 53.4 Å². The summed E-state index contributed by atoms with van der Waals surface area (Å²) in [6.07, 6.45) is 1.68. The molecule has 4 nitrogen and oxygen atoms in total. The third kappa shape index (κ3) is 3.63. The summed E-state index contributed by atoms with van der Waals surface area (Å²) in [5.74, 6) is -0.145. The van der Waals surface area contributed by atoms with Gasteiger partial charge in [0, 0.05) is 16.2 Å². The average Bonchev–Trinajstić information content (AvgIpc) is 2.61. The Labute approximate surface area is 148 Å². The first kappa shape index (κ1) is 16.2. The molecule has 0 radical (unpaired) electrons. The lowest BCUT2D eigenvalue weighted by Crippen LogP contribution is -2.30. The summed E-state index contributed by atoms with van der Waals surface area (Å²) in [6.45, 7) is 0.271. The molecule has 1 amide bonds. The molecule has 1 heterocycles. The van der Waals surface area contributed by atoms with E-state index in [2.05, 4.69) is 20.9 Å². The van der Waals surface area contributed by atoms with E-state index in [0.29, 0.717) is 11.3 Å². The van der Waals surface area contributed by atoms with Crippen LogP contribution in [-0.4, -0.2) is 16.0 Å². The summed E-state index contributed by atoms with van der Waals surface area (Å²) in [4.78, 5) is 18.8. The maximum Gasteiger partial charge on any atom is 0.258 e. The Kier molecular flexibility index (Phi) is 4.91. The van der Waals surface area contributed by atoms with Crippen LogP contribution in [0.15, 0.2) is 77.4 Å². The van der Waals surface area contributed by atoms with Crippen LogP contribution < -0.4 is 4.90 Å². The van der Waals surface area contributed by atoms with E-state index >= 15 is 0 Å². The number of amides is 1. The van der Waals surface area contributed by atoms with Crippen molar-refractivity contribution in [3.8, 4) is 5.75 Å². The summed E-state index contributed by atoms with van der Waals surface area (Å²) in [5, 5.41) is 10.2. The standard InChI is InChI=1S/C19H15BrN2O2/c20-15-10-8-14(9-11-15)19(24)22(13-16-5-3-4-12-21-16)17-6-1-2-7-18(17)23/h1-12,23H,13H2. The molecule has 3 rings (SSSR count). The normalized spacial score (nSPS) is 10.4. The number of rotatable bonds is 4. The van der Waals surface area contributed by atoms with E-state index in [4.69, 9.17) is 0 Å². The van der Waals surface area contributed by atoms with Gasteiger partial charge < -0.3 is 5.11 Å².